The molecule has 0 bridgehead atoms. The van der Waals surface area contributed by atoms with E-state index >= 15 is 0 Å². The molecule has 0 heterocycles. The van der Waals surface area contributed by atoms with Crippen molar-refractivity contribution in [1.82, 2.24) is 0 Å². The molecule has 0 spiro atoms. The summed E-state index contributed by atoms with van der Waals surface area (Å²) in [5.41, 5.74) is -0.598. The molecule has 19 heavy (non-hydrogen) atoms. The monoisotopic (exact) mass is 268 g/mol. The number of halogens is 3. The third-order valence-corrected chi connectivity index (χ3v) is 3.51. The molecule has 0 aliphatic heterocycles. The molecule has 1 aromatic carbocycles. The Balaban J connectivity index is 2.21. The summed E-state index contributed by atoms with van der Waals surface area (Å²) >= 11 is 0. The third kappa shape index (κ3) is 3.19. The molecule has 2 atom stereocenters. The Hall–Kier alpha value is -1.70. The Morgan fingerprint density at radius 3 is 2.53 bits per heavy atom. The number of nitrogens with one attached hydrogen (secondary N) is 1. The van der Waals surface area contributed by atoms with Gasteiger partial charge in [-0.3, -0.25) is 0 Å². The second-order valence-electron chi connectivity index (χ2n) is 4.81. The fourth-order valence-corrected chi connectivity index (χ4v) is 2.51. The minimum absolute atomic E-state index is 0.0714. The van der Waals surface area contributed by atoms with Crippen molar-refractivity contribution in [3.63, 3.8) is 0 Å². The zero-order valence-electron chi connectivity index (χ0n) is 10.4. The molecule has 1 N–H and O–H groups in total. The first-order chi connectivity index (χ1) is 9.02. The number of nitrogens with zero attached hydrogens (tertiary/aromatic N) is 1. The lowest BCUT2D eigenvalue weighted by Crippen LogP contribution is -2.32. The quantitative estimate of drug-likeness (QED) is 0.872. The van der Waals surface area contributed by atoms with Crippen molar-refractivity contribution in [2.24, 2.45) is 5.92 Å². The van der Waals surface area contributed by atoms with Crippen molar-refractivity contribution >= 4 is 5.69 Å². The largest absolute Gasteiger partial charge is 0.418 e. The van der Waals surface area contributed by atoms with Crippen molar-refractivity contribution < 1.29 is 13.2 Å². The molecule has 1 aromatic rings. The van der Waals surface area contributed by atoms with Crippen LogP contribution in [0, 0.1) is 17.2 Å². The number of hydrogen-bond donors (Lipinski definition) is 1. The maximum Gasteiger partial charge on any atom is 0.418 e. The first-order valence-corrected chi connectivity index (χ1v) is 6.35. The summed E-state index contributed by atoms with van der Waals surface area (Å²) in [4.78, 5) is 0. The Bertz CT molecular complexity index is 476. The summed E-state index contributed by atoms with van der Waals surface area (Å²) in [5.74, 6) is -0.213. The lowest BCUT2D eigenvalue weighted by atomic mass is 9.85. The fraction of sp³-hybridized carbons (Fsp3) is 0.500. The molecule has 5 heteroatoms. The summed E-state index contributed by atoms with van der Waals surface area (Å²) in [6.07, 6.45) is -0.964. The van der Waals surface area contributed by atoms with Gasteiger partial charge in [0.15, 0.2) is 0 Å². The van der Waals surface area contributed by atoms with Gasteiger partial charge in [0.25, 0.3) is 0 Å². The molecule has 1 aliphatic carbocycles. The number of nitriles is 1. The number of anilines is 1. The molecule has 0 radical (unpaired) electrons. The SMILES string of the molecule is N#CC1CCCCC1Nc1ccccc1C(F)(F)F. The van der Waals surface area contributed by atoms with Gasteiger partial charge in [0, 0.05) is 11.7 Å². The van der Waals surface area contributed by atoms with Gasteiger partial charge in [0.05, 0.1) is 17.6 Å². The van der Waals surface area contributed by atoms with Crippen LogP contribution in [0.4, 0.5) is 18.9 Å². The van der Waals surface area contributed by atoms with E-state index in [1.165, 1.54) is 12.1 Å². The zero-order valence-corrected chi connectivity index (χ0v) is 10.4. The Kier molecular flexibility index (Phi) is 3.98. The highest BCUT2D eigenvalue weighted by Crippen LogP contribution is 2.36. The van der Waals surface area contributed by atoms with E-state index in [1.807, 2.05) is 0 Å². The van der Waals surface area contributed by atoms with Crippen LogP contribution >= 0.6 is 0 Å². The number of hydrogen-bond acceptors (Lipinski definition) is 2. The molecule has 0 amide bonds. The van der Waals surface area contributed by atoms with Crippen LogP contribution in [0.1, 0.15) is 31.2 Å². The van der Waals surface area contributed by atoms with Gasteiger partial charge >= 0.3 is 6.18 Å². The van der Waals surface area contributed by atoms with Crippen molar-refractivity contribution in [2.45, 2.75) is 37.9 Å². The van der Waals surface area contributed by atoms with E-state index in [2.05, 4.69) is 11.4 Å². The maximum absolute atomic E-state index is 12.9. The summed E-state index contributed by atoms with van der Waals surface area (Å²) in [6.45, 7) is 0. The van der Waals surface area contributed by atoms with Gasteiger partial charge in [-0.2, -0.15) is 18.4 Å². The first-order valence-electron chi connectivity index (χ1n) is 6.35. The molecular weight excluding hydrogens is 253 g/mol. The predicted octanol–water partition coefficient (Wildman–Crippen LogP) is 4.20. The molecule has 2 nitrogen and oxygen atoms in total. The van der Waals surface area contributed by atoms with Crippen LogP contribution in [0.15, 0.2) is 24.3 Å². The minimum atomic E-state index is -4.37. The molecular formula is C14H15F3N2. The Morgan fingerprint density at radius 2 is 1.84 bits per heavy atom. The second-order valence-corrected chi connectivity index (χ2v) is 4.81. The lowest BCUT2D eigenvalue weighted by molar-refractivity contribution is -0.137. The fourth-order valence-electron chi connectivity index (χ4n) is 2.51. The normalized spacial score (nSPS) is 23.7. The number of para-hydroxylation sites is 1. The summed E-state index contributed by atoms with van der Waals surface area (Å²) in [6, 6.07) is 7.42. The predicted molar refractivity (Wildman–Crippen MR) is 66.4 cm³/mol. The van der Waals surface area contributed by atoms with Crippen LogP contribution in [-0.4, -0.2) is 6.04 Å². The standard InChI is InChI=1S/C14H15F3N2/c15-14(16,17)11-6-2-4-8-13(11)19-12-7-3-1-5-10(12)9-18/h2,4,6,8,10,12,19H,1,3,5,7H2. The van der Waals surface area contributed by atoms with Crippen LogP contribution in [0.25, 0.3) is 0 Å². The van der Waals surface area contributed by atoms with Gasteiger partial charge in [0.2, 0.25) is 0 Å². The lowest BCUT2D eigenvalue weighted by Gasteiger charge is -2.29. The molecule has 2 rings (SSSR count). The number of benzene rings is 1. The molecule has 0 saturated heterocycles. The van der Waals surface area contributed by atoms with E-state index in [9.17, 15) is 13.2 Å². The van der Waals surface area contributed by atoms with Crippen LogP contribution < -0.4 is 5.32 Å². The second kappa shape index (κ2) is 5.52. The van der Waals surface area contributed by atoms with E-state index in [0.717, 1.165) is 31.7 Å². The molecule has 1 saturated carbocycles. The Labute approximate surface area is 110 Å². The number of rotatable bonds is 2. The van der Waals surface area contributed by atoms with Crippen molar-refractivity contribution in [3.8, 4) is 6.07 Å². The van der Waals surface area contributed by atoms with Gasteiger partial charge in [0.1, 0.15) is 0 Å². The Morgan fingerprint density at radius 1 is 1.16 bits per heavy atom. The van der Waals surface area contributed by atoms with E-state index in [0.29, 0.717) is 0 Å². The van der Waals surface area contributed by atoms with Gasteiger partial charge in [-0.05, 0) is 25.0 Å². The van der Waals surface area contributed by atoms with Crippen LogP contribution in [-0.2, 0) is 6.18 Å². The smallest absolute Gasteiger partial charge is 0.380 e. The van der Waals surface area contributed by atoms with Gasteiger partial charge in [-0.15, -0.1) is 0 Å². The average Bonchev–Trinajstić information content (AvgIpc) is 2.39. The van der Waals surface area contributed by atoms with Gasteiger partial charge in [-0.25, -0.2) is 0 Å². The van der Waals surface area contributed by atoms with Crippen molar-refractivity contribution in [2.75, 3.05) is 5.32 Å². The zero-order chi connectivity index (χ0) is 13.9. The molecule has 1 fully saturated rings. The maximum atomic E-state index is 12.9. The van der Waals surface area contributed by atoms with Crippen molar-refractivity contribution in [1.29, 1.82) is 5.26 Å². The molecule has 1 aliphatic rings. The third-order valence-electron chi connectivity index (χ3n) is 3.51. The average molecular weight is 268 g/mol. The molecule has 102 valence electrons. The van der Waals surface area contributed by atoms with E-state index < -0.39 is 11.7 Å². The topological polar surface area (TPSA) is 35.8 Å². The minimum Gasteiger partial charge on any atom is -0.380 e. The highest BCUT2D eigenvalue weighted by Gasteiger charge is 2.34. The highest BCUT2D eigenvalue weighted by atomic mass is 19.4. The van der Waals surface area contributed by atoms with Crippen LogP contribution in [0.5, 0.6) is 0 Å². The number of alkyl halides is 3. The van der Waals surface area contributed by atoms with Crippen LogP contribution in [0.2, 0.25) is 0 Å². The molecule has 2 unspecified atom stereocenters. The van der Waals surface area contributed by atoms with Crippen molar-refractivity contribution in [3.05, 3.63) is 29.8 Å². The molecule has 0 aromatic heterocycles. The summed E-state index contributed by atoms with van der Waals surface area (Å²) in [5, 5.41) is 12.0. The van der Waals surface area contributed by atoms with E-state index in [1.54, 1.807) is 6.07 Å². The van der Waals surface area contributed by atoms with Crippen LogP contribution in [0.3, 0.4) is 0 Å². The van der Waals surface area contributed by atoms with Gasteiger partial charge < -0.3 is 5.32 Å². The summed E-state index contributed by atoms with van der Waals surface area (Å²) < 4.78 is 38.6. The van der Waals surface area contributed by atoms with E-state index in [-0.39, 0.29) is 17.6 Å². The highest BCUT2D eigenvalue weighted by molar-refractivity contribution is 5.53. The summed E-state index contributed by atoms with van der Waals surface area (Å²) in [7, 11) is 0. The van der Waals surface area contributed by atoms with E-state index in [4.69, 9.17) is 5.26 Å². The van der Waals surface area contributed by atoms with Gasteiger partial charge in [-0.1, -0.05) is 25.0 Å². The first kappa shape index (κ1) is 13.7.